The Bertz CT molecular complexity index is 785. The fourth-order valence-corrected chi connectivity index (χ4v) is 3.79. The maximum absolute atomic E-state index is 12.7. The summed E-state index contributed by atoms with van der Waals surface area (Å²) in [5, 5.41) is 0.753. The molecule has 0 radical (unpaired) electrons. The molecule has 1 fully saturated rings. The minimum Gasteiger partial charge on any atom is -0.492 e. The second kappa shape index (κ2) is 7.68. The standard InChI is InChI=1S/C21H23ClN2O2/c22-19-6-3-16(4-7-19)14-23-11-12-26-20-8-5-17(13-18(20)15-23)21(25)24-9-1-2-10-24/h3-8,13H,1-2,9-12,14-15H2. The van der Waals surface area contributed by atoms with Crippen LogP contribution in [-0.4, -0.2) is 41.9 Å². The van der Waals surface area contributed by atoms with E-state index in [-0.39, 0.29) is 5.91 Å². The highest BCUT2D eigenvalue weighted by atomic mass is 35.5. The Hall–Kier alpha value is -2.04. The highest BCUT2D eigenvalue weighted by molar-refractivity contribution is 6.30. The molecule has 0 atom stereocenters. The molecule has 136 valence electrons. The summed E-state index contributed by atoms with van der Waals surface area (Å²) in [4.78, 5) is 17.0. The molecule has 4 nitrogen and oxygen atoms in total. The summed E-state index contributed by atoms with van der Waals surface area (Å²) in [6, 6.07) is 13.8. The second-order valence-corrected chi connectivity index (χ2v) is 7.44. The van der Waals surface area contributed by atoms with Crippen molar-refractivity contribution in [3.05, 3.63) is 64.2 Å². The molecule has 1 amide bonds. The molecule has 0 aliphatic carbocycles. The van der Waals surface area contributed by atoms with Crippen molar-refractivity contribution in [1.82, 2.24) is 9.80 Å². The molecule has 0 spiro atoms. The van der Waals surface area contributed by atoms with Gasteiger partial charge in [-0.05, 0) is 48.7 Å². The van der Waals surface area contributed by atoms with Crippen molar-refractivity contribution in [2.75, 3.05) is 26.2 Å². The molecule has 0 saturated carbocycles. The maximum Gasteiger partial charge on any atom is 0.253 e. The SMILES string of the molecule is O=C(c1ccc2c(c1)CN(Cc1ccc(Cl)cc1)CCO2)N1CCCC1. The number of rotatable bonds is 3. The van der Waals surface area contributed by atoms with Gasteiger partial charge in [-0.1, -0.05) is 23.7 Å². The summed E-state index contributed by atoms with van der Waals surface area (Å²) in [5.41, 5.74) is 3.08. The zero-order valence-corrected chi connectivity index (χ0v) is 15.5. The Morgan fingerprint density at radius 2 is 1.81 bits per heavy atom. The average molecular weight is 371 g/mol. The molecule has 2 aromatic carbocycles. The Kier molecular flexibility index (Phi) is 5.14. The van der Waals surface area contributed by atoms with Crippen LogP contribution in [0.25, 0.3) is 0 Å². The van der Waals surface area contributed by atoms with E-state index >= 15 is 0 Å². The molecular formula is C21H23ClN2O2. The van der Waals surface area contributed by atoms with Crippen LogP contribution in [0.1, 0.15) is 34.3 Å². The molecule has 0 unspecified atom stereocenters. The van der Waals surface area contributed by atoms with E-state index in [9.17, 15) is 4.79 Å². The Morgan fingerprint density at radius 1 is 1.04 bits per heavy atom. The van der Waals surface area contributed by atoms with E-state index in [1.165, 1.54) is 5.56 Å². The van der Waals surface area contributed by atoms with Crippen molar-refractivity contribution in [3.8, 4) is 5.75 Å². The number of halogens is 1. The number of nitrogens with zero attached hydrogens (tertiary/aromatic N) is 2. The molecule has 0 bridgehead atoms. The largest absolute Gasteiger partial charge is 0.492 e. The van der Waals surface area contributed by atoms with Crippen LogP contribution in [0.4, 0.5) is 0 Å². The first-order valence-electron chi connectivity index (χ1n) is 9.21. The summed E-state index contributed by atoms with van der Waals surface area (Å²) < 4.78 is 5.91. The quantitative estimate of drug-likeness (QED) is 0.819. The van der Waals surface area contributed by atoms with E-state index < -0.39 is 0 Å². The number of carbonyl (C=O) groups is 1. The number of hydrogen-bond donors (Lipinski definition) is 0. The van der Waals surface area contributed by atoms with Gasteiger partial charge in [0.25, 0.3) is 5.91 Å². The minimum absolute atomic E-state index is 0.138. The minimum atomic E-state index is 0.138. The third kappa shape index (κ3) is 3.87. The molecule has 5 heteroatoms. The molecular weight excluding hydrogens is 348 g/mol. The molecule has 0 aromatic heterocycles. The van der Waals surface area contributed by atoms with Gasteiger partial charge in [0.15, 0.2) is 0 Å². The molecule has 1 saturated heterocycles. The van der Waals surface area contributed by atoms with Crippen LogP contribution in [0, 0.1) is 0 Å². The van der Waals surface area contributed by atoms with Crippen LogP contribution >= 0.6 is 11.6 Å². The van der Waals surface area contributed by atoms with Crippen molar-refractivity contribution in [2.24, 2.45) is 0 Å². The zero-order valence-electron chi connectivity index (χ0n) is 14.8. The lowest BCUT2D eigenvalue weighted by Gasteiger charge is -2.20. The molecule has 2 aliphatic rings. The van der Waals surface area contributed by atoms with Crippen molar-refractivity contribution in [3.63, 3.8) is 0 Å². The van der Waals surface area contributed by atoms with E-state index in [0.29, 0.717) is 6.61 Å². The average Bonchev–Trinajstić information content (AvgIpc) is 3.11. The first-order valence-corrected chi connectivity index (χ1v) is 9.59. The predicted octanol–water partition coefficient (Wildman–Crippen LogP) is 3.97. The second-order valence-electron chi connectivity index (χ2n) is 7.01. The number of amides is 1. The van der Waals surface area contributed by atoms with Crippen LogP contribution in [0.2, 0.25) is 5.02 Å². The summed E-state index contributed by atoms with van der Waals surface area (Å²) in [5.74, 6) is 1.03. The number of likely N-dealkylation sites (tertiary alicyclic amines) is 1. The fourth-order valence-electron chi connectivity index (χ4n) is 3.67. The van der Waals surface area contributed by atoms with E-state index in [2.05, 4.69) is 17.0 Å². The van der Waals surface area contributed by atoms with Gasteiger partial charge >= 0.3 is 0 Å². The first-order chi connectivity index (χ1) is 12.7. The van der Waals surface area contributed by atoms with E-state index in [1.54, 1.807) is 0 Å². The van der Waals surface area contributed by atoms with Gasteiger partial charge in [-0.3, -0.25) is 9.69 Å². The highest BCUT2D eigenvalue weighted by Crippen LogP contribution is 2.26. The van der Waals surface area contributed by atoms with E-state index in [1.807, 2.05) is 35.2 Å². The number of carbonyl (C=O) groups excluding carboxylic acids is 1. The molecule has 2 aromatic rings. The van der Waals surface area contributed by atoms with Crippen molar-refractivity contribution < 1.29 is 9.53 Å². The fraction of sp³-hybridized carbons (Fsp3) is 0.381. The monoisotopic (exact) mass is 370 g/mol. The van der Waals surface area contributed by atoms with Crippen molar-refractivity contribution in [2.45, 2.75) is 25.9 Å². The lowest BCUT2D eigenvalue weighted by atomic mass is 10.1. The summed E-state index contributed by atoms with van der Waals surface area (Å²) in [6.07, 6.45) is 2.21. The Balaban J connectivity index is 1.51. The van der Waals surface area contributed by atoms with E-state index in [0.717, 1.165) is 67.5 Å². The Labute approximate surface area is 159 Å². The predicted molar refractivity (Wildman–Crippen MR) is 103 cm³/mol. The Morgan fingerprint density at radius 3 is 2.58 bits per heavy atom. The van der Waals surface area contributed by atoms with Crippen LogP contribution in [0.5, 0.6) is 5.75 Å². The number of hydrogen-bond acceptors (Lipinski definition) is 3. The lowest BCUT2D eigenvalue weighted by molar-refractivity contribution is 0.0792. The van der Waals surface area contributed by atoms with E-state index in [4.69, 9.17) is 16.3 Å². The third-order valence-corrected chi connectivity index (χ3v) is 5.33. The van der Waals surface area contributed by atoms with Gasteiger partial charge in [-0.2, -0.15) is 0 Å². The highest BCUT2D eigenvalue weighted by Gasteiger charge is 2.22. The number of fused-ring (bicyclic) bond motifs is 1. The lowest BCUT2D eigenvalue weighted by Crippen LogP contribution is -2.28. The molecule has 26 heavy (non-hydrogen) atoms. The van der Waals surface area contributed by atoms with Gasteiger partial charge in [-0.25, -0.2) is 0 Å². The molecule has 2 heterocycles. The molecule has 4 rings (SSSR count). The molecule has 0 N–H and O–H groups in total. The summed E-state index contributed by atoms with van der Waals surface area (Å²) in [7, 11) is 0. The van der Waals surface area contributed by atoms with Crippen molar-refractivity contribution >= 4 is 17.5 Å². The smallest absolute Gasteiger partial charge is 0.253 e. The van der Waals surface area contributed by atoms with Gasteiger partial charge in [0.1, 0.15) is 12.4 Å². The van der Waals surface area contributed by atoms with Crippen LogP contribution in [-0.2, 0) is 13.1 Å². The normalized spacial score (nSPS) is 17.5. The topological polar surface area (TPSA) is 32.8 Å². The number of ether oxygens (including phenoxy) is 1. The summed E-state index contributed by atoms with van der Waals surface area (Å²) in [6.45, 7) is 4.86. The van der Waals surface area contributed by atoms with Gasteiger partial charge in [0.05, 0.1) is 0 Å². The summed E-state index contributed by atoms with van der Waals surface area (Å²) >= 11 is 5.98. The van der Waals surface area contributed by atoms with Gasteiger partial charge in [0, 0.05) is 48.9 Å². The number of benzene rings is 2. The van der Waals surface area contributed by atoms with Crippen molar-refractivity contribution in [1.29, 1.82) is 0 Å². The zero-order chi connectivity index (χ0) is 17.9. The molecule has 2 aliphatic heterocycles. The van der Waals surface area contributed by atoms with Crippen LogP contribution in [0.15, 0.2) is 42.5 Å². The first kappa shape index (κ1) is 17.4. The van der Waals surface area contributed by atoms with Crippen LogP contribution in [0.3, 0.4) is 0 Å². The maximum atomic E-state index is 12.7. The van der Waals surface area contributed by atoms with Gasteiger partial charge in [-0.15, -0.1) is 0 Å². The third-order valence-electron chi connectivity index (χ3n) is 5.08. The van der Waals surface area contributed by atoms with Gasteiger partial charge < -0.3 is 9.64 Å². The van der Waals surface area contributed by atoms with Crippen LogP contribution < -0.4 is 4.74 Å². The van der Waals surface area contributed by atoms with Gasteiger partial charge in [0.2, 0.25) is 0 Å².